The van der Waals surface area contributed by atoms with Crippen LogP contribution in [0.3, 0.4) is 0 Å². The van der Waals surface area contributed by atoms with Gasteiger partial charge in [-0.25, -0.2) is 0 Å². The van der Waals surface area contributed by atoms with Gasteiger partial charge in [-0.3, -0.25) is 4.79 Å². The second-order valence-corrected chi connectivity index (χ2v) is 7.71. The van der Waals surface area contributed by atoms with Crippen LogP contribution in [0.5, 0.6) is 0 Å². The lowest BCUT2D eigenvalue weighted by Gasteiger charge is -2.41. The molecule has 2 aromatic carbocycles. The molecule has 4 heteroatoms. The number of benzene rings is 2. The van der Waals surface area contributed by atoms with Crippen molar-refractivity contribution in [2.24, 2.45) is 0 Å². The van der Waals surface area contributed by atoms with Crippen molar-refractivity contribution in [3.8, 4) is 0 Å². The van der Waals surface area contributed by atoms with E-state index in [0.717, 1.165) is 24.5 Å². The zero-order chi connectivity index (χ0) is 16.9. The highest BCUT2D eigenvalue weighted by Crippen LogP contribution is 2.30. The zero-order valence-electron chi connectivity index (χ0n) is 14.3. The summed E-state index contributed by atoms with van der Waals surface area (Å²) >= 11 is 1.64. The van der Waals surface area contributed by atoms with Gasteiger partial charge in [0.25, 0.3) is 0 Å². The van der Waals surface area contributed by atoms with Crippen molar-refractivity contribution in [2.45, 2.75) is 23.1 Å². The Labute approximate surface area is 148 Å². The van der Waals surface area contributed by atoms with E-state index in [1.54, 1.807) is 11.8 Å². The molecule has 24 heavy (non-hydrogen) atoms. The number of rotatable bonds is 4. The highest BCUT2D eigenvalue weighted by molar-refractivity contribution is 8.00. The van der Waals surface area contributed by atoms with Crippen LogP contribution < -0.4 is 0 Å². The Balaban J connectivity index is 1.76. The first-order valence-corrected chi connectivity index (χ1v) is 9.29. The number of amides is 1. The van der Waals surface area contributed by atoms with Gasteiger partial charge in [0, 0.05) is 24.5 Å². The zero-order valence-corrected chi connectivity index (χ0v) is 15.1. The summed E-state index contributed by atoms with van der Waals surface area (Å²) in [4.78, 5) is 18.6. The molecule has 1 amide bonds. The number of carbonyl (C=O) groups is 1. The lowest BCUT2D eigenvalue weighted by atomic mass is 10.0. The topological polar surface area (TPSA) is 23.6 Å². The highest BCUT2D eigenvalue weighted by Gasteiger charge is 2.32. The maximum absolute atomic E-state index is 13.1. The van der Waals surface area contributed by atoms with Crippen LogP contribution in [0, 0.1) is 0 Å². The van der Waals surface area contributed by atoms with E-state index >= 15 is 0 Å². The SMILES string of the molecule is C[C@H](Sc1ccccc1)C(=O)N1CCN(C)C[C@H]1c1ccccc1. The van der Waals surface area contributed by atoms with Crippen LogP contribution in [0.1, 0.15) is 18.5 Å². The van der Waals surface area contributed by atoms with E-state index in [-0.39, 0.29) is 17.2 Å². The van der Waals surface area contributed by atoms with Gasteiger partial charge in [-0.15, -0.1) is 11.8 Å². The quantitative estimate of drug-likeness (QED) is 0.793. The third-order valence-electron chi connectivity index (χ3n) is 4.45. The standard InChI is InChI=1S/C20H24N2OS/c1-16(24-18-11-7-4-8-12-18)20(23)22-14-13-21(2)15-19(22)17-9-5-3-6-10-17/h3-12,16,19H,13-15H2,1-2H3/t16-,19-/m0/s1. The monoisotopic (exact) mass is 340 g/mol. The largest absolute Gasteiger partial charge is 0.332 e. The van der Waals surface area contributed by atoms with Gasteiger partial charge in [-0.2, -0.15) is 0 Å². The number of carbonyl (C=O) groups excluding carboxylic acids is 1. The predicted molar refractivity (Wildman–Crippen MR) is 100 cm³/mol. The van der Waals surface area contributed by atoms with E-state index in [2.05, 4.69) is 53.2 Å². The van der Waals surface area contributed by atoms with E-state index in [0.29, 0.717) is 0 Å². The van der Waals surface area contributed by atoms with Crippen LogP contribution in [0.15, 0.2) is 65.6 Å². The van der Waals surface area contributed by atoms with Gasteiger partial charge < -0.3 is 9.80 Å². The van der Waals surface area contributed by atoms with Crippen molar-refractivity contribution in [1.82, 2.24) is 9.80 Å². The molecule has 0 spiro atoms. The first-order chi connectivity index (χ1) is 11.6. The first kappa shape index (κ1) is 17.1. The molecule has 0 aliphatic carbocycles. The van der Waals surface area contributed by atoms with Crippen LogP contribution in [0.25, 0.3) is 0 Å². The Bertz CT molecular complexity index is 662. The number of nitrogens with zero attached hydrogens (tertiary/aromatic N) is 2. The summed E-state index contributed by atoms with van der Waals surface area (Å²) in [6.45, 7) is 4.62. The fraction of sp³-hybridized carbons (Fsp3) is 0.350. The van der Waals surface area contributed by atoms with E-state index in [9.17, 15) is 4.79 Å². The van der Waals surface area contributed by atoms with Gasteiger partial charge in [0.2, 0.25) is 5.91 Å². The molecular weight excluding hydrogens is 316 g/mol. The van der Waals surface area contributed by atoms with Gasteiger partial charge >= 0.3 is 0 Å². The molecule has 1 heterocycles. The first-order valence-electron chi connectivity index (χ1n) is 8.41. The third-order valence-corrected chi connectivity index (χ3v) is 5.55. The minimum atomic E-state index is -0.0815. The Hall–Kier alpha value is -1.78. The van der Waals surface area contributed by atoms with Crippen LogP contribution in [-0.4, -0.2) is 47.6 Å². The van der Waals surface area contributed by atoms with Gasteiger partial charge in [0.1, 0.15) is 0 Å². The van der Waals surface area contributed by atoms with Crippen molar-refractivity contribution in [3.05, 3.63) is 66.2 Å². The fourth-order valence-corrected chi connectivity index (χ4v) is 4.09. The number of hydrogen-bond donors (Lipinski definition) is 0. The fourth-order valence-electron chi connectivity index (χ4n) is 3.13. The van der Waals surface area contributed by atoms with Crippen LogP contribution in [0.4, 0.5) is 0 Å². The van der Waals surface area contributed by atoms with Gasteiger partial charge in [-0.1, -0.05) is 48.5 Å². The second kappa shape index (κ2) is 7.86. The van der Waals surface area contributed by atoms with Crippen molar-refractivity contribution >= 4 is 17.7 Å². The number of likely N-dealkylation sites (N-methyl/N-ethyl adjacent to an activating group) is 1. The molecule has 0 radical (unpaired) electrons. The summed E-state index contributed by atoms with van der Waals surface area (Å²) in [6, 6.07) is 20.7. The predicted octanol–water partition coefficient (Wildman–Crippen LogP) is 3.68. The molecule has 2 aromatic rings. The second-order valence-electron chi connectivity index (χ2n) is 6.29. The molecule has 3 nitrogen and oxygen atoms in total. The summed E-state index contributed by atoms with van der Waals surface area (Å²) in [5.74, 6) is 0.228. The molecule has 3 rings (SSSR count). The Morgan fingerprint density at radius 2 is 1.67 bits per heavy atom. The maximum atomic E-state index is 13.1. The smallest absolute Gasteiger partial charge is 0.236 e. The lowest BCUT2D eigenvalue weighted by molar-refractivity contribution is -0.135. The van der Waals surface area contributed by atoms with E-state index in [1.165, 1.54) is 5.56 Å². The average Bonchev–Trinajstić information content (AvgIpc) is 2.62. The average molecular weight is 340 g/mol. The Kier molecular flexibility index (Phi) is 5.59. The maximum Gasteiger partial charge on any atom is 0.236 e. The Morgan fingerprint density at radius 1 is 1.04 bits per heavy atom. The highest BCUT2D eigenvalue weighted by atomic mass is 32.2. The summed E-state index contributed by atoms with van der Waals surface area (Å²) in [5, 5.41) is -0.0815. The van der Waals surface area contributed by atoms with Crippen LogP contribution >= 0.6 is 11.8 Å². The molecule has 2 atom stereocenters. The third kappa shape index (κ3) is 4.00. The normalized spacial score (nSPS) is 19.9. The van der Waals surface area contributed by atoms with Gasteiger partial charge in [0.15, 0.2) is 0 Å². The summed E-state index contributed by atoms with van der Waals surface area (Å²) in [6.07, 6.45) is 0. The van der Waals surface area contributed by atoms with Crippen molar-refractivity contribution in [3.63, 3.8) is 0 Å². The van der Waals surface area contributed by atoms with Gasteiger partial charge in [0.05, 0.1) is 11.3 Å². The number of piperazine rings is 1. The molecule has 126 valence electrons. The van der Waals surface area contributed by atoms with Crippen molar-refractivity contribution in [2.75, 3.05) is 26.7 Å². The van der Waals surface area contributed by atoms with Gasteiger partial charge in [-0.05, 0) is 31.7 Å². The van der Waals surface area contributed by atoms with Crippen LogP contribution in [0.2, 0.25) is 0 Å². The molecule has 1 fully saturated rings. The summed E-state index contributed by atoms with van der Waals surface area (Å²) < 4.78 is 0. The molecule has 0 aromatic heterocycles. The molecule has 0 unspecified atom stereocenters. The summed E-state index contributed by atoms with van der Waals surface area (Å²) in [5.41, 5.74) is 1.22. The molecule has 1 saturated heterocycles. The van der Waals surface area contributed by atoms with E-state index in [1.807, 2.05) is 31.2 Å². The van der Waals surface area contributed by atoms with E-state index < -0.39 is 0 Å². The number of thioether (sulfide) groups is 1. The minimum absolute atomic E-state index is 0.0815. The lowest BCUT2D eigenvalue weighted by Crippen LogP contribution is -2.51. The van der Waals surface area contributed by atoms with Crippen molar-refractivity contribution in [1.29, 1.82) is 0 Å². The Morgan fingerprint density at radius 3 is 2.33 bits per heavy atom. The van der Waals surface area contributed by atoms with Crippen molar-refractivity contribution < 1.29 is 4.79 Å². The molecular formula is C20H24N2OS. The molecule has 0 saturated carbocycles. The summed E-state index contributed by atoms with van der Waals surface area (Å²) in [7, 11) is 2.12. The minimum Gasteiger partial charge on any atom is -0.332 e. The molecule has 1 aliphatic rings. The molecule has 0 N–H and O–H groups in total. The van der Waals surface area contributed by atoms with Crippen LogP contribution in [-0.2, 0) is 4.79 Å². The number of hydrogen-bond acceptors (Lipinski definition) is 3. The molecule has 1 aliphatic heterocycles. The van der Waals surface area contributed by atoms with E-state index in [4.69, 9.17) is 0 Å². The molecule has 0 bridgehead atoms.